The predicted octanol–water partition coefficient (Wildman–Crippen LogP) is 3.91. The van der Waals surface area contributed by atoms with Gasteiger partial charge in [0.25, 0.3) is 0 Å². The Hall–Kier alpha value is -1.36. The normalized spacial score (nSPS) is 22.4. The van der Waals surface area contributed by atoms with E-state index in [0.29, 0.717) is 12.0 Å². The van der Waals surface area contributed by atoms with Crippen molar-refractivity contribution in [2.45, 2.75) is 25.4 Å². The molecule has 4 rings (SSSR count). The van der Waals surface area contributed by atoms with Crippen molar-refractivity contribution in [3.63, 3.8) is 0 Å². The highest BCUT2D eigenvalue weighted by atomic mass is 35.5. The molecule has 2 saturated heterocycles. The second-order valence-corrected chi connectivity index (χ2v) is 7.18. The minimum absolute atomic E-state index is 0.374. The Kier molecular flexibility index (Phi) is 4.88. The number of hydrogen-bond acceptors (Lipinski definition) is 4. The minimum Gasteiger partial charge on any atom is -0.381 e. The van der Waals surface area contributed by atoms with Gasteiger partial charge in [-0.15, -0.1) is 0 Å². The van der Waals surface area contributed by atoms with Gasteiger partial charge in [-0.3, -0.25) is 4.98 Å². The van der Waals surface area contributed by atoms with Gasteiger partial charge in [-0.25, -0.2) is 0 Å². The third-order valence-corrected chi connectivity index (χ3v) is 5.29. The third-order valence-electron chi connectivity index (χ3n) is 5.05. The molecule has 5 heteroatoms. The zero-order chi connectivity index (χ0) is 16.4. The van der Waals surface area contributed by atoms with Crippen LogP contribution in [0.3, 0.4) is 0 Å². The van der Waals surface area contributed by atoms with Gasteiger partial charge in [0.1, 0.15) is 0 Å². The highest BCUT2D eigenvalue weighted by molar-refractivity contribution is 6.31. The van der Waals surface area contributed by atoms with E-state index in [1.54, 1.807) is 0 Å². The number of benzene rings is 1. The molecule has 24 heavy (non-hydrogen) atoms. The molecule has 1 unspecified atom stereocenters. The fraction of sp³-hybridized carbons (Fsp3) is 0.526. The Balaban J connectivity index is 1.39. The number of halogens is 1. The van der Waals surface area contributed by atoms with E-state index in [1.165, 1.54) is 5.69 Å². The van der Waals surface area contributed by atoms with E-state index < -0.39 is 0 Å². The number of aromatic nitrogens is 1. The van der Waals surface area contributed by atoms with Crippen LogP contribution >= 0.6 is 11.6 Å². The van der Waals surface area contributed by atoms with Gasteiger partial charge >= 0.3 is 0 Å². The number of nitrogens with zero attached hydrogens (tertiary/aromatic N) is 2. The molecule has 2 aliphatic heterocycles. The van der Waals surface area contributed by atoms with E-state index in [0.717, 1.165) is 68.1 Å². The molecule has 0 aliphatic carbocycles. The van der Waals surface area contributed by atoms with Gasteiger partial charge in [-0.1, -0.05) is 11.6 Å². The van der Waals surface area contributed by atoms with Crippen LogP contribution in [0.5, 0.6) is 0 Å². The van der Waals surface area contributed by atoms with Crippen LogP contribution in [-0.2, 0) is 9.47 Å². The molecule has 128 valence electrons. The van der Waals surface area contributed by atoms with Crippen molar-refractivity contribution in [2.75, 3.05) is 37.8 Å². The Bertz CT molecular complexity index is 695. The Labute approximate surface area is 147 Å². The van der Waals surface area contributed by atoms with Gasteiger partial charge in [0, 0.05) is 47.9 Å². The molecule has 2 aromatic rings. The van der Waals surface area contributed by atoms with E-state index in [1.807, 2.05) is 24.4 Å². The van der Waals surface area contributed by atoms with Gasteiger partial charge in [0.2, 0.25) is 0 Å². The molecule has 1 aromatic heterocycles. The molecule has 4 nitrogen and oxygen atoms in total. The Morgan fingerprint density at radius 3 is 2.88 bits per heavy atom. The summed E-state index contributed by atoms with van der Waals surface area (Å²) in [6.45, 7) is 4.63. The van der Waals surface area contributed by atoms with Crippen LogP contribution in [0.25, 0.3) is 10.9 Å². The number of pyridine rings is 1. The summed E-state index contributed by atoms with van der Waals surface area (Å²) < 4.78 is 11.5. The molecule has 1 aromatic carbocycles. The lowest BCUT2D eigenvalue weighted by Crippen LogP contribution is -2.37. The van der Waals surface area contributed by atoms with Crippen LogP contribution in [0.1, 0.15) is 19.3 Å². The first-order valence-electron chi connectivity index (χ1n) is 8.78. The largest absolute Gasteiger partial charge is 0.381 e. The third kappa shape index (κ3) is 3.51. The highest BCUT2D eigenvalue weighted by Gasteiger charge is 2.23. The Morgan fingerprint density at radius 1 is 1.21 bits per heavy atom. The van der Waals surface area contributed by atoms with Crippen molar-refractivity contribution in [2.24, 2.45) is 5.92 Å². The molecular formula is C19H23ClN2O2. The van der Waals surface area contributed by atoms with E-state index in [9.17, 15) is 0 Å². The monoisotopic (exact) mass is 346 g/mol. The molecule has 1 atom stereocenters. The summed E-state index contributed by atoms with van der Waals surface area (Å²) in [5.74, 6) is 0.592. The summed E-state index contributed by atoms with van der Waals surface area (Å²) in [4.78, 5) is 6.87. The highest BCUT2D eigenvalue weighted by Crippen LogP contribution is 2.30. The quantitative estimate of drug-likeness (QED) is 0.840. The van der Waals surface area contributed by atoms with E-state index >= 15 is 0 Å². The molecule has 2 fully saturated rings. The predicted molar refractivity (Wildman–Crippen MR) is 96.9 cm³/mol. The maximum absolute atomic E-state index is 6.18. The lowest BCUT2D eigenvalue weighted by molar-refractivity contribution is 0.0132. The number of anilines is 1. The molecule has 3 heterocycles. The van der Waals surface area contributed by atoms with Crippen molar-refractivity contribution in [3.8, 4) is 0 Å². The second-order valence-electron chi connectivity index (χ2n) is 6.74. The SMILES string of the molecule is Clc1ccc2nccc(N3CCC(OCC4CCOC4)CC3)c2c1. The van der Waals surface area contributed by atoms with Gasteiger partial charge < -0.3 is 14.4 Å². The van der Waals surface area contributed by atoms with Crippen LogP contribution < -0.4 is 4.90 Å². The number of fused-ring (bicyclic) bond motifs is 1. The van der Waals surface area contributed by atoms with Crippen LogP contribution in [0.4, 0.5) is 5.69 Å². The van der Waals surface area contributed by atoms with Gasteiger partial charge in [-0.05, 0) is 43.5 Å². The molecule has 0 amide bonds. The number of hydrogen-bond donors (Lipinski definition) is 0. The first kappa shape index (κ1) is 16.1. The van der Waals surface area contributed by atoms with E-state index in [2.05, 4.69) is 16.0 Å². The molecule has 0 spiro atoms. The summed E-state index contributed by atoms with van der Waals surface area (Å²) in [6, 6.07) is 7.99. The van der Waals surface area contributed by atoms with Crippen LogP contribution in [0.15, 0.2) is 30.5 Å². The van der Waals surface area contributed by atoms with Crippen molar-refractivity contribution < 1.29 is 9.47 Å². The first-order valence-corrected chi connectivity index (χ1v) is 9.16. The Morgan fingerprint density at radius 2 is 2.08 bits per heavy atom. The summed E-state index contributed by atoms with van der Waals surface area (Å²) in [5, 5.41) is 1.89. The first-order chi connectivity index (χ1) is 11.8. The molecule has 0 saturated carbocycles. The summed E-state index contributed by atoms with van der Waals surface area (Å²) in [7, 11) is 0. The van der Waals surface area contributed by atoms with Crippen LogP contribution in [-0.4, -0.2) is 44.0 Å². The van der Waals surface area contributed by atoms with Gasteiger partial charge in [-0.2, -0.15) is 0 Å². The molecular weight excluding hydrogens is 324 g/mol. The maximum atomic E-state index is 6.18. The molecule has 0 bridgehead atoms. The topological polar surface area (TPSA) is 34.6 Å². The summed E-state index contributed by atoms with van der Waals surface area (Å²) in [5.41, 5.74) is 2.22. The minimum atomic E-state index is 0.374. The van der Waals surface area contributed by atoms with Crippen LogP contribution in [0.2, 0.25) is 5.02 Å². The zero-order valence-corrected chi connectivity index (χ0v) is 14.5. The lowest BCUT2D eigenvalue weighted by Gasteiger charge is -2.34. The fourth-order valence-electron chi connectivity index (χ4n) is 3.63. The van der Waals surface area contributed by atoms with Crippen molar-refractivity contribution in [3.05, 3.63) is 35.5 Å². The van der Waals surface area contributed by atoms with Crippen molar-refractivity contribution in [1.82, 2.24) is 4.98 Å². The zero-order valence-electron chi connectivity index (χ0n) is 13.8. The van der Waals surface area contributed by atoms with Crippen molar-refractivity contribution >= 4 is 28.2 Å². The van der Waals surface area contributed by atoms with E-state index in [4.69, 9.17) is 21.1 Å². The maximum Gasteiger partial charge on any atom is 0.0723 e. The second kappa shape index (κ2) is 7.26. The van der Waals surface area contributed by atoms with Crippen molar-refractivity contribution in [1.29, 1.82) is 0 Å². The molecule has 0 N–H and O–H groups in total. The number of rotatable bonds is 4. The smallest absolute Gasteiger partial charge is 0.0723 e. The summed E-state index contributed by atoms with van der Waals surface area (Å²) in [6.07, 6.45) is 5.53. The molecule has 0 radical (unpaired) electrons. The van der Waals surface area contributed by atoms with Gasteiger partial charge in [0.15, 0.2) is 0 Å². The fourth-order valence-corrected chi connectivity index (χ4v) is 3.80. The lowest BCUT2D eigenvalue weighted by atomic mass is 10.0. The van der Waals surface area contributed by atoms with Gasteiger partial charge in [0.05, 0.1) is 24.8 Å². The average Bonchev–Trinajstić information content (AvgIpc) is 3.13. The van der Waals surface area contributed by atoms with Crippen LogP contribution in [0, 0.1) is 5.92 Å². The molecule has 2 aliphatic rings. The summed E-state index contributed by atoms with van der Waals surface area (Å²) >= 11 is 6.18. The van der Waals surface area contributed by atoms with E-state index in [-0.39, 0.29) is 0 Å². The number of piperidine rings is 1. The average molecular weight is 347 g/mol. The number of ether oxygens (including phenoxy) is 2. The standard InChI is InChI=1S/C19H23ClN2O2/c20-15-1-2-18-17(11-15)19(3-7-21-18)22-8-4-16(5-9-22)24-13-14-6-10-23-12-14/h1-3,7,11,14,16H,4-6,8-10,12-13H2.